The second kappa shape index (κ2) is 6.84. The van der Waals surface area contributed by atoms with Crippen LogP contribution in [-0.4, -0.2) is 41.8 Å². The lowest BCUT2D eigenvalue weighted by molar-refractivity contribution is -0.131. The number of fused-ring (bicyclic) bond motifs is 1. The molecule has 0 unspecified atom stereocenters. The minimum absolute atomic E-state index is 0.120. The maximum atomic E-state index is 13.2. The monoisotopic (exact) mass is 393 g/mol. The highest BCUT2D eigenvalue weighted by molar-refractivity contribution is 6.02. The molecule has 1 aromatic carbocycles. The molecule has 2 aromatic rings. The Bertz CT molecular complexity index is 969. The number of benzene rings is 1. The smallest absolute Gasteiger partial charge is 0.235 e. The minimum atomic E-state index is -0.749. The molecule has 7 nitrogen and oxygen atoms in total. The number of nitrogens with one attached hydrogen (secondary N) is 1. The summed E-state index contributed by atoms with van der Waals surface area (Å²) >= 11 is 0. The Hall–Kier alpha value is -2.93. The van der Waals surface area contributed by atoms with Crippen LogP contribution in [0.4, 0.5) is 5.82 Å². The van der Waals surface area contributed by atoms with E-state index in [1.165, 1.54) is 5.56 Å². The van der Waals surface area contributed by atoms with Crippen LogP contribution in [0, 0.1) is 18.8 Å². The number of nitrogens with zero attached hydrogens (tertiary/aromatic N) is 2. The van der Waals surface area contributed by atoms with Gasteiger partial charge >= 0.3 is 0 Å². The van der Waals surface area contributed by atoms with Crippen molar-refractivity contribution in [2.24, 2.45) is 11.8 Å². The maximum Gasteiger partial charge on any atom is 0.235 e. The maximum absolute atomic E-state index is 13.2. The van der Waals surface area contributed by atoms with Gasteiger partial charge in [-0.3, -0.25) is 14.5 Å². The van der Waals surface area contributed by atoms with E-state index < -0.39 is 17.4 Å². The van der Waals surface area contributed by atoms with Gasteiger partial charge in [-0.05, 0) is 25.3 Å². The molecule has 4 atom stereocenters. The zero-order valence-electron chi connectivity index (χ0n) is 16.2. The van der Waals surface area contributed by atoms with E-state index in [9.17, 15) is 9.59 Å². The molecule has 2 amide bonds. The first kappa shape index (κ1) is 18.1. The first-order valence-electron chi connectivity index (χ1n) is 10.0. The number of hydrogen-bond acceptors (Lipinski definition) is 5. The Balaban J connectivity index is 1.26. The van der Waals surface area contributed by atoms with Gasteiger partial charge in [0.15, 0.2) is 5.82 Å². The van der Waals surface area contributed by atoms with Crippen molar-refractivity contribution in [3.63, 3.8) is 0 Å². The lowest BCUT2D eigenvalue weighted by Gasteiger charge is -2.23. The van der Waals surface area contributed by atoms with Gasteiger partial charge in [0.05, 0.1) is 24.5 Å². The van der Waals surface area contributed by atoms with Crippen LogP contribution in [0.2, 0.25) is 0 Å². The van der Waals surface area contributed by atoms with E-state index in [1.807, 2.05) is 30.4 Å². The zero-order chi connectivity index (χ0) is 20.0. The summed E-state index contributed by atoms with van der Waals surface area (Å²) in [6.45, 7) is 2.71. The molecule has 3 aliphatic heterocycles. The SMILES string of the molecule is Cc1cc(N2C[C@@]34C=C[C@@H](O3)[C@H](C(=O)NCCCc3ccccc3)[C@@H]4C2=O)no1. The van der Waals surface area contributed by atoms with Gasteiger partial charge in [0.25, 0.3) is 0 Å². The molecule has 2 fully saturated rings. The molecule has 150 valence electrons. The fraction of sp³-hybridized carbons (Fsp3) is 0.409. The van der Waals surface area contributed by atoms with E-state index >= 15 is 0 Å². The first-order chi connectivity index (χ1) is 14.1. The molecule has 4 heterocycles. The van der Waals surface area contributed by atoms with E-state index in [2.05, 4.69) is 22.6 Å². The van der Waals surface area contributed by atoms with Gasteiger partial charge in [-0.25, -0.2) is 0 Å². The standard InChI is InChI=1S/C22H23N3O4/c1-14-12-17(24-29-14)25-13-22-10-9-16(28-22)18(19(22)21(25)27)20(26)23-11-5-8-15-6-3-2-4-7-15/h2-4,6-7,9-10,12,16,18-19H,5,8,11,13H2,1H3,(H,23,26)/t16-,18+,19-,22-/m1/s1. The molecule has 0 radical (unpaired) electrons. The molecule has 7 heteroatoms. The second-order valence-corrected chi connectivity index (χ2v) is 8.00. The van der Waals surface area contributed by atoms with E-state index in [-0.39, 0.29) is 17.9 Å². The van der Waals surface area contributed by atoms with Crippen LogP contribution < -0.4 is 10.2 Å². The summed E-state index contributed by atoms with van der Waals surface area (Å²) in [5, 5.41) is 6.97. The third kappa shape index (κ3) is 2.97. The van der Waals surface area contributed by atoms with Crippen molar-refractivity contribution in [2.45, 2.75) is 31.5 Å². The highest BCUT2D eigenvalue weighted by Crippen LogP contribution is 2.52. The van der Waals surface area contributed by atoms with Crippen molar-refractivity contribution in [2.75, 3.05) is 18.0 Å². The summed E-state index contributed by atoms with van der Waals surface area (Å²) in [6.07, 6.45) is 5.25. The van der Waals surface area contributed by atoms with Crippen LogP contribution in [0.25, 0.3) is 0 Å². The van der Waals surface area contributed by atoms with Crippen molar-refractivity contribution in [1.82, 2.24) is 10.5 Å². The largest absolute Gasteiger partial charge is 0.360 e. The van der Waals surface area contributed by atoms with Gasteiger partial charge in [-0.15, -0.1) is 0 Å². The molecule has 5 rings (SSSR count). The van der Waals surface area contributed by atoms with Crippen LogP contribution in [0.5, 0.6) is 0 Å². The molecular weight excluding hydrogens is 370 g/mol. The molecule has 29 heavy (non-hydrogen) atoms. The van der Waals surface area contributed by atoms with E-state index in [1.54, 1.807) is 17.9 Å². The van der Waals surface area contributed by atoms with Gasteiger partial charge in [0.2, 0.25) is 11.8 Å². The van der Waals surface area contributed by atoms with Crippen molar-refractivity contribution in [3.05, 3.63) is 59.9 Å². The average Bonchev–Trinajstić information content (AvgIpc) is 3.47. The van der Waals surface area contributed by atoms with Crippen molar-refractivity contribution in [3.8, 4) is 0 Å². The Morgan fingerprint density at radius 1 is 1.34 bits per heavy atom. The Morgan fingerprint density at radius 2 is 2.17 bits per heavy atom. The lowest BCUT2D eigenvalue weighted by Crippen LogP contribution is -2.44. The van der Waals surface area contributed by atoms with Gasteiger partial charge in [0.1, 0.15) is 11.4 Å². The quantitative estimate of drug-likeness (QED) is 0.600. The Labute approximate surface area is 168 Å². The Morgan fingerprint density at radius 3 is 2.93 bits per heavy atom. The summed E-state index contributed by atoms with van der Waals surface area (Å²) in [7, 11) is 0. The van der Waals surface area contributed by atoms with E-state index in [0.717, 1.165) is 12.8 Å². The molecule has 0 aliphatic carbocycles. The number of ether oxygens (including phenoxy) is 1. The highest BCUT2D eigenvalue weighted by atomic mass is 16.5. The predicted molar refractivity (Wildman–Crippen MR) is 105 cm³/mol. The van der Waals surface area contributed by atoms with Crippen LogP contribution in [0.3, 0.4) is 0 Å². The number of amides is 2. The summed E-state index contributed by atoms with van der Waals surface area (Å²) in [6, 6.07) is 11.9. The first-order valence-corrected chi connectivity index (χ1v) is 10.0. The number of aromatic nitrogens is 1. The molecule has 1 N–H and O–H groups in total. The fourth-order valence-corrected chi connectivity index (χ4v) is 4.74. The second-order valence-electron chi connectivity index (χ2n) is 8.00. The lowest BCUT2D eigenvalue weighted by atomic mass is 9.77. The van der Waals surface area contributed by atoms with Crippen molar-refractivity contribution < 1.29 is 18.8 Å². The topological polar surface area (TPSA) is 84.7 Å². The van der Waals surface area contributed by atoms with Gasteiger partial charge < -0.3 is 14.6 Å². The normalized spacial score (nSPS) is 29.5. The summed E-state index contributed by atoms with van der Waals surface area (Å²) in [5.74, 6) is -0.180. The molecule has 1 spiro atoms. The third-order valence-corrected chi connectivity index (χ3v) is 6.08. The molecule has 1 aromatic heterocycles. The van der Waals surface area contributed by atoms with Crippen molar-refractivity contribution in [1.29, 1.82) is 0 Å². The van der Waals surface area contributed by atoms with Gasteiger partial charge in [0, 0.05) is 12.6 Å². The highest BCUT2D eigenvalue weighted by Gasteiger charge is 2.67. The Kier molecular flexibility index (Phi) is 4.28. The molecule has 2 saturated heterocycles. The number of hydrogen-bond donors (Lipinski definition) is 1. The number of carbonyl (C=O) groups excluding carboxylic acids is 2. The van der Waals surface area contributed by atoms with Gasteiger partial charge in [-0.1, -0.05) is 47.6 Å². The van der Waals surface area contributed by atoms with Gasteiger partial charge in [-0.2, -0.15) is 0 Å². The van der Waals surface area contributed by atoms with E-state index in [4.69, 9.17) is 9.26 Å². The van der Waals surface area contributed by atoms with Crippen LogP contribution in [-0.2, 0) is 20.7 Å². The third-order valence-electron chi connectivity index (χ3n) is 6.08. The number of carbonyl (C=O) groups is 2. The molecular formula is C22H23N3O4. The number of aryl methyl sites for hydroxylation is 2. The fourth-order valence-electron chi connectivity index (χ4n) is 4.74. The molecule has 3 aliphatic rings. The van der Waals surface area contributed by atoms with Crippen LogP contribution in [0.15, 0.2) is 53.1 Å². The van der Waals surface area contributed by atoms with Crippen LogP contribution >= 0.6 is 0 Å². The molecule has 0 saturated carbocycles. The predicted octanol–water partition coefficient (Wildman–Crippen LogP) is 2.02. The zero-order valence-corrected chi connectivity index (χ0v) is 16.2. The average molecular weight is 393 g/mol. The summed E-state index contributed by atoms with van der Waals surface area (Å²) < 4.78 is 11.2. The summed E-state index contributed by atoms with van der Waals surface area (Å²) in [4.78, 5) is 27.7. The molecule has 2 bridgehead atoms. The van der Waals surface area contributed by atoms with Crippen molar-refractivity contribution >= 4 is 17.6 Å². The van der Waals surface area contributed by atoms with E-state index in [0.29, 0.717) is 24.7 Å². The van der Waals surface area contributed by atoms with Crippen LogP contribution in [0.1, 0.15) is 17.7 Å². The number of anilines is 1. The minimum Gasteiger partial charge on any atom is -0.360 e. The summed E-state index contributed by atoms with van der Waals surface area (Å²) in [5.41, 5.74) is 0.497. The number of rotatable bonds is 6.